The Morgan fingerprint density at radius 2 is 1.73 bits per heavy atom. The molecule has 0 amide bonds. The van der Waals surface area contributed by atoms with Gasteiger partial charge in [0, 0.05) is 12.6 Å². The van der Waals surface area contributed by atoms with Crippen molar-refractivity contribution in [3.63, 3.8) is 0 Å². The second-order valence-electron chi connectivity index (χ2n) is 2.89. The highest BCUT2D eigenvalue weighted by atomic mass is 19.5. The lowest BCUT2D eigenvalue weighted by Crippen LogP contribution is -2.09. The number of fused-ring (bicyclic) bond motifs is 1. The van der Waals surface area contributed by atoms with Crippen molar-refractivity contribution in [2.24, 2.45) is 0 Å². The van der Waals surface area contributed by atoms with E-state index in [1.807, 2.05) is 19.2 Å². The number of rotatable bonds is 0. The highest BCUT2D eigenvalue weighted by Crippen LogP contribution is 2.26. The van der Waals surface area contributed by atoms with Crippen LogP contribution in [0.5, 0.6) is 0 Å². The molecule has 1 aromatic carbocycles. The fraction of sp³-hybridized carbons (Fsp3) is 0.250. The zero-order valence-corrected chi connectivity index (χ0v) is 7.96. The fourth-order valence-electron chi connectivity index (χ4n) is 1.18. The van der Waals surface area contributed by atoms with E-state index >= 15 is 0 Å². The Morgan fingerprint density at radius 3 is 2.27 bits per heavy atom. The summed E-state index contributed by atoms with van der Waals surface area (Å²) in [5.41, 5.74) is 2.45. The van der Waals surface area contributed by atoms with Crippen LogP contribution in [-0.2, 0) is 11.4 Å². The zero-order chi connectivity index (χ0) is 11.5. The molecule has 84 valence electrons. The maximum Gasteiger partial charge on any atom is 0.673 e. The molecule has 2 rings (SSSR count). The van der Waals surface area contributed by atoms with Gasteiger partial charge in [0.2, 0.25) is 0 Å². The Kier molecular flexibility index (Phi) is 3.57. The second kappa shape index (κ2) is 4.52. The van der Waals surface area contributed by atoms with Gasteiger partial charge in [0.15, 0.2) is 0 Å². The Morgan fingerprint density at radius 1 is 1.20 bits per heavy atom. The molecule has 7 heteroatoms. The van der Waals surface area contributed by atoms with Crippen molar-refractivity contribution in [1.29, 1.82) is 0 Å². The number of benzene rings is 1. The molecule has 0 saturated carbocycles. The zero-order valence-electron chi connectivity index (χ0n) is 7.96. The number of anilines is 1. The van der Waals surface area contributed by atoms with E-state index in [1.165, 1.54) is 11.3 Å². The molecule has 0 unspecified atom stereocenters. The van der Waals surface area contributed by atoms with E-state index in [4.69, 9.17) is 4.84 Å². The second-order valence-corrected chi connectivity index (χ2v) is 2.89. The summed E-state index contributed by atoms with van der Waals surface area (Å²) in [6.07, 6.45) is 0. The highest BCUT2D eigenvalue weighted by Gasteiger charge is 2.20. The fourth-order valence-corrected chi connectivity index (χ4v) is 1.18. The third kappa shape index (κ3) is 4.20. The number of hydrogen-bond donors (Lipinski definition) is 0. The molecule has 0 atom stereocenters. The van der Waals surface area contributed by atoms with Crippen molar-refractivity contribution in [1.82, 2.24) is 0 Å². The van der Waals surface area contributed by atoms with Crippen molar-refractivity contribution in [2.45, 2.75) is 6.61 Å². The smallest absolute Gasteiger partial charge is 0.418 e. The Hall–Kier alpha value is -1.24. The van der Waals surface area contributed by atoms with Gasteiger partial charge >= 0.3 is 7.25 Å². The van der Waals surface area contributed by atoms with Gasteiger partial charge in [-0.05, 0) is 6.07 Å². The Balaban J connectivity index is 0.000000195. The first kappa shape index (κ1) is 11.8. The quantitative estimate of drug-likeness (QED) is 0.494. The molecule has 0 aliphatic carbocycles. The average molecular weight is 222 g/mol. The number of hydroxylamine groups is 1. The Bertz CT molecular complexity index is 325. The number of halogens is 4. The minimum absolute atomic E-state index is 0.715. The number of hydrogen-bond acceptors (Lipinski definition) is 2. The summed E-state index contributed by atoms with van der Waals surface area (Å²) in [4.78, 5) is 5.26. The summed E-state index contributed by atoms with van der Waals surface area (Å²) in [6, 6.07) is 8.19. The normalized spacial score (nSPS) is 14.3. The lowest BCUT2D eigenvalue weighted by molar-refractivity contribution is 0.131. The predicted molar refractivity (Wildman–Crippen MR) is 49.8 cm³/mol. The standard InChI is InChI=1S/C8H9NO.BF4/c1-9-8-5-3-2-4-7(8)6-10-9;2-1(3,4)5/h2-5H,6H2,1H3;/q;-1. The van der Waals surface area contributed by atoms with Gasteiger partial charge in [0.05, 0.1) is 5.69 Å². The molecule has 0 fully saturated rings. The van der Waals surface area contributed by atoms with Crippen LogP contribution in [0.3, 0.4) is 0 Å². The summed E-state index contributed by atoms with van der Waals surface area (Å²) in [5, 5.41) is 1.80. The first-order valence-corrected chi connectivity index (χ1v) is 4.20. The molecular formula is C8H9BF4NO-. The minimum atomic E-state index is -6.00. The van der Waals surface area contributed by atoms with Gasteiger partial charge in [-0.3, -0.25) is 9.90 Å². The molecule has 1 heterocycles. The summed E-state index contributed by atoms with van der Waals surface area (Å²) in [7, 11) is -4.08. The maximum atomic E-state index is 9.75. The monoisotopic (exact) mass is 222 g/mol. The number of nitrogens with zero attached hydrogens (tertiary/aromatic N) is 1. The van der Waals surface area contributed by atoms with Gasteiger partial charge in [0.1, 0.15) is 6.61 Å². The van der Waals surface area contributed by atoms with E-state index in [1.54, 1.807) is 5.06 Å². The molecule has 2 nitrogen and oxygen atoms in total. The van der Waals surface area contributed by atoms with Gasteiger partial charge in [-0.15, -0.1) is 0 Å². The largest absolute Gasteiger partial charge is 0.673 e. The first-order chi connectivity index (χ1) is 6.88. The summed E-state index contributed by atoms with van der Waals surface area (Å²) in [5.74, 6) is 0. The predicted octanol–water partition coefficient (Wildman–Crippen LogP) is 2.87. The lowest BCUT2D eigenvalue weighted by atomic mass is 10.2. The van der Waals surface area contributed by atoms with Gasteiger partial charge < -0.3 is 17.3 Å². The third-order valence-corrected chi connectivity index (χ3v) is 1.74. The van der Waals surface area contributed by atoms with E-state index in [2.05, 4.69) is 12.1 Å². The first-order valence-electron chi connectivity index (χ1n) is 4.20. The van der Waals surface area contributed by atoms with Gasteiger partial charge in [-0.1, -0.05) is 18.2 Å². The van der Waals surface area contributed by atoms with Crippen LogP contribution in [0.25, 0.3) is 0 Å². The molecule has 0 aromatic heterocycles. The Labute approximate surface area is 84.5 Å². The molecule has 0 spiro atoms. The third-order valence-electron chi connectivity index (χ3n) is 1.74. The van der Waals surface area contributed by atoms with Crippen LogP contribution in [-0.4, -0.2) is 14.3 Å². The molecule has 1 aromatic rings. The van der Waals surface area contributed by atoms with Crippen LogP contribution in [0.4, 0.5) is 23.0 Å². The van der Waals surface area contributed by atoms with Crippen LogP contribution in [0, 0.1) is 0 Å². The summed E-state index contributed by atoms with van der Waals surface area (Å²) >= 11 is 0. The summed E-state index contributed by atoms with van der Waals surface area (Å²) in [6.45, 7) is 0.715. The van der Waals surface area contributed by atoms with Crippen LogP contribution < -0.4 is 5.06 Å². The molecular weight excluding hydrogens is 213 g/mol. The van der Waals surface area contributed by atoms with Gasteiger partial charge in [-0.2, -0.15) is 0 Å². The van der Waals surface area contributed by atoms with E-state index in [0.717, 1.165) is 0 Å². The van der Waals surface area contributed by atoms with Crippen molar-refractivity contribution in [3.05, 3.63) is 29.8 Å². The SMILES string of the molecule is CN1OCc2ccccc21.F[B-](F)(F)F. The molecule has 0 saturated heterocycles. The van der Waals surface area contributed by atoms with Crippen molar-refractivity contribution >= 4 is 12.9 Å². The average Bonchev–Trinajstić information content (AvgIpc) is 2.46. The lowest BCUT2D eigenvalue weighted by Gasteiger charge is -2.08. The van der Waals surface area contributed by atoms with E-state index in [-0.39, 0.29) is 0 Å². The number of para-hydroxylation sites is 1. The minimum Gasteiger partial charge on any atom is -0.418 e. The van der Waals surface area contributed by atoms with Crippen molar-refractivity contribution in [3.8, 4) is 0 Å². The van der Waals surface area contributed by atoms with E-state index in [9.17, 15) is 17.3 Å². The molecule has 0 bridgehead atoms. The van der Waals surface area contributed by atoms with Crippen molar-refractivity contribution < 1.29 is 22.1 Å². The van der Waals surface area contributed by atoms with Crippen LogP contribution in [0.1, 0.15) is 5.56 Å². The van der Waals surface area contributed by atoms with Crippen LogP contribution in [0.2, 0.25) is 0 Å². The van der Waals surface area contributed by atoms with E-state index < -0.39 is 7.25 Å². The van der Waals surface area contributed by atoms with E-state index in [0.29, 0.717) is 6.61 Å². The highest BCUT2D eigenvalue weighted by molar-refractivity contribution is 6.50. The maximum absolute atomic E-state index is 9.75. The van der Waals surface area contributed by atoms with Gasteiger partial charge in [-0.25, -0.2) is 0 Å². The molecule has 15 heavy (non-hydrogen) atoms. The molecule has 1 aliphatic rings. The molecule has 0 N–H and O–H groups in total. The summed E-state index contributed by atoms with van der Waals surface area (Å²) < 4.78 is 39.0. The van der Waals surface area contributed by atoms with Crippen LogP contribution >= 0.6 is 0 Å². The van der Waals surface area contributed by atoms with Crippen molar-refractivity contribution in [2.75, 3.05) is 12.1 Å². The molecule has 0 radical (unpaired) electrons. The topological polar surface area (TPSA) is 12.5 Å². The van der Waals surface area contributed by atoms with Crippen LogP contribution in [0.15, 0.2) is 24.3 Å². The molecule has 1 aliphatic heterocycles. The van der Waals surface area contributed by atoms with Gasteiger partial charge in [0.25, 0.3) is 0 Å².